The fourth-order valence-electron chi connectivity index (χ4n) is 4.33. The number of ether oxygens (including phenoxy) is 1. The number of amides is 2. The molecule has 2 amide bonds. The van der Waals surface area contributed by atoms with Gasteiger partial charge in [0.25, 0.3) is 5.91 Å². The lowest BCUT2D eigenvalue weighted by molar-refractivity contribution is -0.119. The molecule has 36 heavy (non-hydrogen) atoms. The van der Waals surface area contributed by atoms with Gasteiger partial charge in [0, 0.05) is 53.0 Å². The van der Waals surface area contributed by atoms with Crippen molar-refractivity contribution < 1.29 is 14.3 Å². The summed E-state index contributed by atoms with van der Waals surface area (Å²) in [6, 6.07) is 16.5. The number of nitrogens with two attached hydrogens (primary N) is 1. The summed E-state index contributed by atoms with van der Waals surface area (Å²) in [6.45, 7) is 3.01. The Kier molecular flexibility index (Phi) is 8.33. The molecular formula is C27H28Cl2N4O3. The standard InChI is InChI=1S/C27H28Cl2N4O3/c1-2-25(34)33(19-7-4-3-5-8-19)20-11-13-32(14-12-20)27(35)18-15-24(26(30)31-16-18)36-17-21-22(28)9-6-10-23(21)29/h3-10,15-16,20H,2,11-14,17H2,1H3,(H2,30,31). The first-order valence-corrected chi connectivity index (χ1v) is 12.6. The molecule has 0 atom stereocenters. The summed E-state index contributed by atoms with van der Waals surface area (Å²) in [5.74, 6) is 0.379. The normalized spacial score (nSPS) is 13.9. The Morgan fingerprint density at radius 2 is 1.75 bits per heavy atom. The van der Waals surface area contributed by atoms with Crippen LogP contribution >= 0.6 is 23.2 Å². The van der Waals surface area contributed by atoms with Crippen LogP contribution < -0.4 is 15.4 Å². The lowest BCUT2D eigenvalue weighted by atomic mass is 10.0. The molecule has 1 fully saturated rings. The molecule has 2 N–H and O–H groups in total. The van der Waals surface area contributed by atoms with Crippen LogP contribution in [0.3, 0.4) is 0 Å². The predicted molar refractivity (Wildman–Crippen MR) is 143 cm³/mol. The fraction of sp³-hybridized carbons (Fsp3) is 0.296. The zero-order valence-electron chi connectivity index (χ0n) is 20.0. The molecule has 0 unspecified atom stereocenters. The molecule has 7 nitrogen and oxygen atoms in total. The molecule has 0 bridgehead atoms. The quantitative estimate of drug-likeness (QED) is 0.432. The molecule has 0 spiro atoms. The SMILES string of the molecule is CCC(=O)N(c1ccccc1)C1CCN(C(=O)c2cnc(N)c(OCc3c(Cl)cccc3Cl)c2)CC1. The maximum atomic E-state index is 13.2. The van der Waals surface area contributed by atoms with Crippen LogP contribution in [0, 0.1) is 0 Å². The van der Waals surface area contributed by atoms with Crippen molar-refractivity contribution in [1.82, 2.24) is 9.88 Å². The zero-order chi connectivity index (χ0) is 25.7. The van der Waals surface area contributed by atoms with Crippen molar-refractivity contribution in [2.75, 3.05) is 23.7 Å². The summed E-state index contributed by atoms with van der Waals surface area (Å²) in [5.41, 5.74) is 7.89. The van der Waals surface area contributed by atoms with E-state index in [4.69, 9.17) is 33.7 Å². The van der Waals surface area contributed by atoms with Gasteiger partial charge in [0.15, 0.2) is 11.6 Å². The van der Waals surface area contributed by atoms with Gasteiger partial charge < -0.3 is 20.3 Å². The first-order chi connectivity index (χ1) is 17.4. The summed E-state index contributed by atoms with van der Waals surface area (Å²) in [5, 5.41) is 0.963. The number of halogens is 2. The molecule has 0 saturated carbocycles. The number of nitrogens with zero attached hydrogens (tertiary/aromatic N) is 3. The lowest BCUT2D eigenvalue weighted by Gasteiger charge is -2.38. The van der Waals surface area contributed by atoms with Crippen molar-refractivity contribution in [1.29, 1.82) is 0 Å². The van der Waals surface area contributed by atoms with Crippen LogP contribution in [0.1, 0.15) is 42.1 Å². The summed E-state index contributed by atoms with van der Waals surface area (Å²) >= 11 is 12.4. The second-order valence-electron chi connectivity index (χ2n) is 8.57. The van der Waals surface area contributed by atoms with E-state index in [0.29, 0.717) is 53.5 Å². The minimum absolute atomic E-state index is 0.0349. The molecule has 1 saturated heterocycles. The van der Waals surface area contributed by atoms with Crippen LogP contribution in [0.15, 0.2) is 60.8 Å². The highest BCUT2D eigenvalue weighted by Gasteiger charge is 2.30. The summed E-state index contributed by atoms with van der Waals surface area (Å²) in [7, 11) is 0. The molecule has 2 aromatic carbocycles. The van der Waals surface area contributed by atoms with Crippen LogP contribution in [0.5, 0.6) is 5.75 Å². The molecule has 1 aromatic heterocycles. The Morgan fingerprint density at radius 1 is 1.08 bits per heavy atom. The number of benzene rings is 2. The number of para-hydroxylation sites is 1. The Labute approximate surface area is 220 Å². The number of hydrogen-bond donors (Lipinski definition) is 1. The van der Waals surface area contributed by atoms with E-state index in [9.17, 15) is 9.59 Å². The smallest absolute Gasteiger partial charge is 0.255 e. The van der Waals surface area contributed by atoms with Crippen LogP contribution in [0.25, 0.3) is 0 Å². The lowest BCUT2D eigenvalue weighted by Crippen LogP contribution is -2.49. The molecule has 188 valence electrons. The third kappa shape index (κ3) is 5.74. The number of carbonyl (C=O) groups excluding carboxylic acids is 2. The van der Waals surface area contributed by atoms with Crippen LogP contribution in [-0.4, -0.2) is 40.8 Å². The van der Waals surface area contributed by atoms with Gasteiger partial charge in [-0.15, -0.1) is 0 Å². The first kappa shape index (κ1) is 25.8. The van der Waals surface area contributed by atoms with E-state index < -0.39 is 0 Å². The molecular weight excluding hydrogens is 499 g/mol. The van der Waals surface area contributed by atoms with Gasteiger partial charge in [-0.05, 0) is 43.2 Å². The Balaban J connectivity index is 1.43. The van der Waals surface area contributed by atoms with E-state index in [2.05, 4.69) is 4.98 Å². The topological polar surface area (TPSA) is 88.8 Å². The average Bonchev–Trinajstić information content (AvgIpc) is 2.90. The zero-order valence-corrected chi connectivity index (χ0v) is 21.5. The summed E-state index contributed by atoms with van der Waals surface area (Å²) in [6.07, 6.45) is 3.25. The monoisotopic (exact) mass is 526 g/mol. The third-order valence-corrected chi connectivity index (χ3v) is 6.99. The van der Waals surface area contributed by atoms with Gasteiger partial charge in [-0.2, -0.15) is 0 Å². The minimum Gasteiger partial charge on any atom is -0.485 e. The van der Waals surface area contributed by atoms with Crippen molar-refractivity contribution >= 4 is 46.5 Å². The van der Waals surface area contributed by atoms with Crippen molar-refractivity contribution in [3.8, 4) is 5.75 Å². The predicted octanol–water partition coefficient (Wildman–Crippen LogP) is 5.60. The average molecular weight is 527 g/mol. The molecule has 4 rings (SSSR count). The highest BCUT2D eigenvalue weighted by molar-refractivity contribution is 6.35. The number of anilines is 2. The molecule has 1 aliphatic rings. The fourth-order valence-corrected chi connectivity index (χ4v) is 4.84. The number of carbonyl (C=O) groups is 2. The maximum Gasteiger partial charge on any atom is 0.255 e. The Bertz CT molecular complexity index is 1210. The molecule has 1 aliphatic heterocycles. The maximum absolute atomic E-state index is 13.2. The number of nitrogen functional groups attached to an aromatic ring is 1. The number of likely N-dealkylation sites (tertiary alicyclic amines) is 1. The van der Waals surface area contributed by atoms with Gasteiger partial charge in [0.2, 0.25) is 5.91 Å². The van der Waals surface area contributed by atoms with E-state index in [0.717, 1.165) is 5.69 Å². The molecule has 0 aliphatic carbocycles. The largest absolute Gasteiger partial charge is 0.485 e. The summed E-state index contributed by atoms with van der Waals surface area (Å²) < 4.78 is 5.83. The van der Waals surface area contributed by atoms with Crippen LogP contribution in [0.2, 0.25) is 10.0 Å². The van der Waals surface area contributed by atoms with Gasteiger partial charge >= 0.3 is 0 Å². The van der Waals surface area contributed by atoms with Gasteiger partial charge in [0.05, 0.1) is 5.56 Å². The van der Waals surface area contributed by atoms with E-state index in [1.54, 1.807) is 29.2 Å². The molecule has 3 aromatic rings. The van der Waals surface area contributed by atoms with Crippen molar-refractivity contribution in [2.24, 2.45) is 0 Å². The Hall–Kier alpha value is -3.29. The number of rotatable bonds is 7. The van der Waals surface area contributed by atoms with Crippen molar-refractivity contribution in [2.45, 2.75) is 38.8 Å². The van der Waals surface area contributed by atoms with Crippen molar-refractivity contribution in [3.63, 3.8) is 0 Å². The molecule has 9 heteroatoms. The number of hydrogen-bond acceptors (Lipinski definition) is 5. The summed E-state index contributed by atoms with van der Waals surface area (Å²) in [4.78, 5) is 33.8. The first-order valence-electron chi connectivity index (χ1n) is 11.9. The van der Waals surface area contributed by atoms with E-state index in [-0.39, 0.29) is 36.0 Å². The van der Waals surface area contributed by atoms with Crippen LogP contribution in [-0.2, 0) is 11.4 Å². The van der Waals surface area contributed by atoms with Gasteiger partial charge in [-0.25, -0.2) is 4.98 Å². The highest BCUT2D eigenvalue weighted by Crippen LogP contribution is 2.29. The van der Waals surface area contributed by atoms with E-state index in [1.807, 2.05) is 42.2 Å². The van der Waals surface area contributed by atoms with Crippen molar-refractivity contribution in [3.05, 3.63) is 82.0 Å². The second-order valence-corrected chi connectivity index (χ2v) is 9.39. The highest BCUT2D eigenvalue weighted by atomic mass is 35.5. The number of pyridine rings is 1. The van der Waals surface area contributed by atoms with E-state index in [1.165, 1.54) is 6.20 Å². The number of piperidine rings is 1. The number of aromatic nitrogens is 1. The molecule has 2 heterocycles. The second kappa shape index (κ2) is 11.6. The minimum atomic E-state index is -0.158. The van der Waals surface area contributed by atoms with E-state index >= 15 is 0 Å². The van der Waals surface area contributed by atoms with Gasteiger partial charge in [0.1, 0.15) is 6.61 Å². The third-order valence-electron chi connectivity index (χ3n) is 6.28. The van der Waals surface area contributed by atoms with Crippen LogP contribution in [0.4, 0.5) is 11.5 Å². The Morgan fingerprint density at radius 3 is 2.39 bits per heavy atom. The molecule has 0 radical (unpaired) electrons. The van der Waals surface area contributed by atoms with Gasteiger partial charge in [-0.1, -0.05) is 54.4 Å². The van der Waals surface area contributed by atoms with Gasteiger partial charge in [-0.3, -0.25) is 9.59 Å².